The maximum Gasteiger partial charge on any atom is 0.257 e. The number of allylic oxidation sites excluding steroid dienone is 1. The van der Waals surface area contributed by atoms with Crippen LogP contribution in [0.5, 0.6) is 0 Å². The van der Waals surface area contributed by atoms with Crippen molar-refractivity contribution in [2.75, 3.05) is 6.61 Å². The molecule has 19 heavy (non-hydrogen) atoms. The van der Waals surface area contributed by atoms with Crippen LogP contribution in [0.4, 0.5) is 0 Å². The van der Waals surface area contributed by atoms with Crippen molar-refractivity contribution in [1.29, 1.82) is 0 Å². The van der Waals surface area contributed by atoms with Gasteiger partial charge in [-0.15, -0.1) is 0 Å². The van der Waals surface area contributed by atoms with E-state index in [1.807, 2.05) is 37.3 Å². The van der Waals surface area contributed by atoms with Crippen molar-refractivity contribution in [2.24, 2.45) is 5.92 Å². The van der Waals surface area contributed by atoms with E-state index in [2.05, 4.69) is 6.58 Å². The van der Waals surface area contributed by atoms with E-state index >= 15 is 0 Å². The largest absolute Gasteiger partial charge is 0.323 e. The van der Waals surface area contributed by atoms with E-state index < -0.39 is 7.37 Å². The number of benzene rings is 1. The predicted octanol–water partition coefficient (Wildman–Crippen LogP) is 4.72. The maximum absolute atomic E-state index is 13.3. The predicted molar refractivity (Wildman–Crippen MR) is 81.0 cm³/mol. The Labute approximate surface area is 116 Å². The maximum atomic E-state index is 13.3. The van der Waals surface area contributed by atoms with E-state index in [1.165, 1.54) is 19.3 Å². The van der Waals surface area contributed by atoms with Crippen molar-refractivity contribution < 1.29 is 9.09 Å². The van der Waals surface area contributed by atoms with E-state index in [9.17, 15) is 4.57 Å². The third-order valence-electron chi connectivity index (χ3n) is 3.86. The lowest BCUT2D eigenvalue weighted by Gasteiger charge is -2.29. The smallest absolute Gasteiger partial charge is 0.257 e. The molecule has 1 unspecified atom stereocenters. The first-order chi connectivity index (χ1) is 9.18. The van der Waals surface area contributed by atoms with Crippen LogP contribution in [0.3, 0.4) is 0 Å². The molecule has 0 radical (unpaired) electrons. The first kappa shape index (κ1) is 14.6. The fraction of sp³-hybridized carbons (Fsp3) is 0.500. The molecule has 0 aromatic heterocycles. The summed E-state index contributed by atoms with van der Waals surface area (Å²) in [5.41, 5.74) is 0. The third kappa shape index (κ3) is 3.19. The van der Waals surface area contributed by atoms with Crippen LogP contribution in [-0.4, -0.2) is 6.61 Å². The summed E-state index contributed by atoms with van der Waals surface area (Å²) in [7, 11) is -2.93. The molecule has 1 aromatic rings. The Morgan fingerprint density at radius 2 is 1.89 bits per heavy atom. The molecule has 1 aromatic carbocycles. The molecule has 1 saturated carbocycles. The molecule has 1 aliphatic carbocycles. The van der Waals surface area contributed by atoms with Crippen LogP contribution in [0.1, 0.15) is 39.0 Å². The van der Waals surface area contributed by atoms with Crippen molar-refractivity contribution in [2.45, 2.75) is 39.0 Å². The SMILES string of the molecule is C=C(C1CCCCC1)P(=O)(OCC)c1ccccc1. The normalized spacial score (nSPS) is 19.8. The van der Waals surface area contributed by atoms with Crippen molar-refractivity contribution in [1.82, 2.24) is 0 Å². The van der Waals surface area contributed by atoms with Crippen molar-refractivity contribution in [3.8, 4) is 0 Å². The van der Waals surface area contributed by atoms with Crippen molar-refractivity contribution in [3.05, 3.63) is 42.2 Å². The lowest BCUT2D eigenvalue weighted by molar-refractivity contribution is 0.335. The van der Waals surface area contributed by atoms with Gasteiger partial charge in [-0.05, 0) is 37.8 Å². The number of rotatable bonds is 5. The zero-order chi connectivity index (χ0) is 13.7. The van der Waals surface area contributed by atoms with Gasteiger partial charge in [-0.3, -0.25) is 4.57 Å². The zero-order valence-electron chi connectivity index (χ0n) is 11.7. The van der Waals surface area contributed by atoms with Crippen LogP contribution in [-0.2, 0) is 9.09 Å². The van der Waals surface area contributed by atoms with Gasteiger partial charge in [0.2, 0.25) is 0 Å². The molecule has 3 heteroatoms. The fourth-order valence-electron chi connectivity index (χ4n) is 2.81. The van der Waals surface area contributed by atoms with Crippen molar-refractivity contribution in [3.63, 3.8) is 0 Å². The Kier molecular flexibility index (Phi) is 5.01. The van der Waals surface area contributed by atoms with E-state index in [1.54, 1.807) is 0 Å². The lowest BCUT2D eigenvalue weighted by atomic mass is 9.89. The second-order valence-corrected chi connectivity index (χ2v) is 7.58. The average Bonchev–Trinajstić information content (AvgIpc) is 2.48. The highest BCUT2D eigenvalue weighted by Gasteiger charge is 2.34. The lowest BCUT2D eigenvalue weighted by Crippen LogP contribution is -2.16. The molecular weight excluding hydrogens is 255 g/mol. The van der Waals surface area contributed by atoms with E-state index in [0.29, 0.717) is 12.5 Å². The van der Waals surface area contributed by atoms with Gasteiger partial charge < -0.3 is 4.52 Å². The molecule has 0 spiro atoms. The van der Waals surface area contributed by atoms with E-state index in [-0.39, 0.29) is 0 Å². The Bertz CT molecular complexity index is 461. The topological polar surface area (TPSA) is 26.3 Å². The molecule has 1 fully saturated rings. The van der Waals surface area contributed by atoms with Crippen LogP contribution in [0.25, 0.3) is 0 Å². The standard InChI is InChI=1S/C16H23O2P/c1-3-18-19(17,16-12-8-5-9-13-16)14(2)15-10-6-4-7-11-15/h5,8-9,12-13,15H,2-4,6-7,10-11H2,1H3. The molecule has 1 aliphatic rings. The van der Waals surface area contributed by atoms with Gasteiger partial charge in [0.1, 0.15) is 0 Å². The Morgan fingerprint density at radius 3 is 2.47 bits per heavy atom. The van der Waals surface area contributed by atoms with Gasteiger partial charge in [0.05, 0.1) is 6.61 Å². The van der Waals surface area contributed by atoms with Crippen LogP contribution >= 0.6 is 7.37 Å². The molecule has 2 nitrogen and oxygen atoms in total. The van der Waals surface area contributed by atoms with Gasteiger partial charge in [0, 0.05) is 10.6 Å². The van der Waals surface area contributed by atoms with Crippen LogP contribution in [0.2, 0.25) is 0 Å². The van der Waals surface area contributed by atoms with Gasteiger partial charge in [-0.2, -0.15) is 0 Å². The average molecular weight is 278 g/mol. The van der Waals surface area contributed by atoms with Crippen molar-refractivity contribution >= 4 is 12.7 Å². The summed E-state index contributed by atoms with van der Waals surface area (Å²) < 4.78 is 19.0. The molecule has 0 aliphatic heterocycles. The van der Waals surface area contributed by atoms with Gasteiger partial charge in [0.15, 0.2) is 0 Å². The van der Waals surface area contributed by atoms with Gasteiger partial charge >= 0.3 is 0 Å². The molecule has 0 heterocycles. The third-order valence-corrected chi connectivity index (χ3v) is 6.58. The number of hydrogen-bond acceptors (Lipinski definition) is 2. The summed E-state index contributed by atoms with van der Waals surface area (Å²) in [6, 6.07) is 9.54. The van der Waals surface area contributed by atoms with Crippen LogP contribution in [0.15, 0.2) is 42.2 Å². The molecule has 0 N–H and O–H groups in total. The van der Waals surface area contributed by atoms with Gasteiger partial charge in [-0.25, -0.2) is 0 Å². The monoisotopic (exact) mass is 278 g/mol. The molecule has 104 valence electrons. The Balaban J connectivity index is 2.28. The fourth-order valence-corrected chi connectivity index (χ4v) is 5.12. The second kappa shape index (κ2) is 6.54. The van der Waals surface area contributed by atoms with Crippen LogP contribution in [0, 0.1) is 5.92 Å². The van der Waals surface area contributed by atoms with Gasteiger partial charge in [-0.1, -0.05) is 44.0 Å². The zero-order valence-corrected chi connectivity index (χ0v) is 12.6. The highest BCUT2D eigenvalue weighted by molar-refractivity contribution is 7.71. The summed E-state index contributed by atoms with van der Waals surface area (Å²) >= 11 is 0. The Morgan fingerprint density at radius 1 is 1.26 bits per heavy atom. The van der Waals surface area contributed by atoms with Crippen LogP contribution < -0.4 is 5.30 Å². The van der Waals surface area contributed by atoms with E-state index in [0.717, 1.165) is 23.5 Å². The summed E-state index contributed by atoms with van der Waals surface area (Å²) in [5.74, 6) is 0.353. The summed E-state index contributed by atoms with van der Waals surface area (Å²) in [5, 5.41) is 1.60. The molecule has 0 bridgehead atoms. The first-order valence-corrected chi connectivity index (χ1v) is 8.80. The highest BCUT2D eigenvalue weighted by atomic mass is 31.2. The molecular formula is C16H23O2P. The quantitative estimate of drug-likeness (QED) is 0.728. The molecule has 1 atom stereocenters. The summed E-state index contributed by atoms with van der Waals surface area (Å²) in [6.07, 6.45) is 5.91. The van der Waals surface area contributed by atoms with Gasteiger partial charge in [0.25, 0.3) is 7.37 Å². The second-order valence-electron chi connectivity index (χ2n) is 5.13. The molecule has 2 rings (SSSR count). The highest BCUT2D eigenvalue weighted by Crippen LogP contribution is 2.57. The first-order valence-electron chi connectivity index (χ1n) is 7.18. The number of hydrogen-bond donors (Lipinski definition) is 0. The Hall–Kier alpha value is -0.850. The minimum atomic E-state index is -2.93. The summed E-state index contributed by atoms with van der Waals surface area (Å²) in [6.45, 7) is 6.51. The summed E-state index contributed by atoms with van der Waals surface area (Å²) in [4.78, 5) is 0. The van der Waals surface area contributed by atoms with E-state index in [4.69, 9.17) is 4.52 Å². The minimum absolute atomic E-state index is 0.353. The molecule has 0 saturated heterocycles. The molecule has 0 amide bonds. The minimum Gasteiger partial charge on any atom is -0.323 e.